The van der Waals surface area contributed by atoms with Gasteiger partial charge in [0.05, 0.1) is 6.61 Å². The lowest BCUT2D eigenvalue weighted by Crippen LogP contribution is -2.76. The van der Waals surface area contributed by atoms with Crippen LogP contribution in [0.5, 0.6) is 0 Å². The standard InChI is InChI=1S/C30H49NO5Si4/c1-31-29(23-22-28(26-18-13-11-14-19-26)27-20-15-12-16-21-27)30(32)33-24-17-25-40(10,35-38(5,6)7)36-39(8,9)34-37(2,3)4/h11-16,18-23H,1,17,24-25,31H2,2-10H3/b29-23-. The molecule has 10 heteroatoms. The summed E-state index contributed by atoms with van der Waals surface area (Å²) < 4.78 is 25.5. The number of hydrogen-bond acceptors (Lipinski definition) is 5. The number of rotatable bonds is 15. The molecule has 0 spiro atoms. The molecule has 0 fully saturated rings. The Labute approximate surface area is 246 Å². The van der Waals surface area contributed by atoms with Gasteiger partial charge in [-0.3, -0.25) is 0 Å². The molecule has 0 heterocycles. The van der Waals surface area contributed by atoms with Gasteiger partial charge in [-0.05, 0) is 94.2 Å². The van der Waals surface area contributed by atoms with Crippen LogP contribution in [0.2, 0.25) is 65.0 Å². The van der Waals surface area contributed by atoms with Crippen molar-refractivity contribution < 1.29 is 27.2 Å². The second-order valence-corrected chi connectivity index (χ2v) is 28.9. The summed E-state index contributed by atoms with van der Waals surface area (Å²) in [6.45, 7) is 19.7. The van der Waals surface area contributed by atoms with Crippen LogP contribution in [0.1, 0.15) is 17.5 Å². The first kappa shape index (κ1) is 34.3. The molecule has 1 atom stereocenters. The van der Waals surface area contributed by atoms with Crippen molar-refractivity contribution in [2.24, 2.45) is 0 Å². The summed E-state index contributed by atoms with van der Waals surface area (Å²) in [7, 11) is -4.68. The molecular weight excluding hydrogens is 567 g/mol. The smallest absolute Gasteiger partial charge is 0.390 e. The fourth-order valence-corrected chi connectivity index (χ4v) is 22.6. The van der Waals surface area contributed by atoms with Gasteiger partial charge in [-0.2, -0.15) is 0 Å². The molecule has 0 aromatic heterocycles. The van der Waals surface area contributed by atoms with Crippen LogP contribution in [0, 0.1) is 7.05 Å². The highest BCUT2D eigenvalue weighted by atomic mass is 28.5. The normalized spacial score (nSPS) is 14.4. The van der Waals surface area contributed by atoms with E-state index in [9.17, 15) is 4.79 Å². The molecule has 0 radical (unpaired) electrons. The molecule has 2 aromatic rings. The highest BCUT2D eigenvalue weighted by molar-refractivity contribution is 6.89. The number of hydrogen-bond donors (Lipinski definition) is 1. The number of nitrogens with two attached hydrogens (primary N) is 1. The molecule has 0 aliphatic heterocycles. The first-order valence-corrected chi connectivity index (χ1v) is 26.1. The monoisotopic (exact) mass is 615 g/mol. The maximum Gasteiger partial charge on any atom is 0.390 e. The molecule has 220 valence electrons. The Morgan fingerprint density at radius 1 is 0.750 bits per heavy atom. The van der Waals surface area contributed by atoms with Crippen molar-refractivity contribution in [2.45, 2.75) is 71.4 Å². The van der Waals surface area contributed by atoms with Crippen molar-refractivity contribution in [3.8, 4) is 0 Å². The van der Waals surface area contributed by atoms with Gasteiger partial charge in [-0.15, -0.1) is 7.05 Å². The minimum atomic E-state index is -2.55. The largest absolute Gasteiger partial charge is 0.458 e. The lowest BCUT2D eigenvalue weighted by atomic mass is 9.97. The Hall–Kier alpha value is -1.90. The number of carbonyl (C=O) groups is 1. The van der Waals surface area contributed by atoms with Gasteiger partial charge in [0.15, 0.2) is 22.3 Å². The number of esters is 1. The zero-order chi connectivity index (χ0) is 30.0. The van der Waals surface area contributed by atoms with Gasteiger partial charge >= 0.3 is 23.1 Å². The van der Waals surface area contributed by atoms with Crippen molar-refractivity contribution in [2.75, 3.05) is 6.61 Å². The number of allylic oxidation sites excluding steroid dienone is 2. The fourth-order valence-electron chi connectivity index (χ4n) is 4.68. The Morgan fingerprint density at radius 2 is 1.25 bits per heavy atom. The Balaban J connectivity index is 2.11. The van der Waals surface area contributed by atoms with Crippen molar-refractivity contribution in [3.05, 3.63) is 96.7 Å². The SMILES string of the molecule is [CH2-][NH2+]/C(=C\C=C(c1ccccc1)c1ccccc1)C(=O)OCCC[Si](C)(O[Si](C)(C)C)O[Si](C)(C)O[Si](C)(C)C. The second kappa shape index (κ2) is 14.8. The molecule has 0 aliphatic rings. The van der Waals surface area contributed by atoms with E-state index < -0.39 is 33.8 Å². The van der Waals surface area contributed by atoms with E-state index in [1.165, 1.54) is 0 Å². The third-order valence-electron chi connectivity index (χ3n) is 5.60. The average Bonchev–Trinajstić information content (AvgIpc) is 2.82. The summed E-state index contributed by atoms with van der Waals surface area (Å²) in [5.41, 5.74) is 3.56. The van der Waals surface area contributed by atoms with Gasteiger partial charge in [0.1, 0.15) is 0 Å². The van der Waals surface area contributed by atoms with Crippen LogP contribution in [-0.2, 0) is 21.9 Å². The van der Waals surface area contributed by atoms with E-state index in [0.29, 0.717) is 12.1 Å². The number of quaternary nitrogens is 1. The first-order valence-electron chi connectivity index (χ1n) is 14.0. The molecule has 2 aromatic carbocycles. The molecule has 0 saturated carbocycles. The van der Waals surface area contributed by atoms with Gasteiger partial charge in [-0.25, -0.2) is 4.79 Å². The van der Waals surface area contributed by atoms with E-state index in [-0.39, 0.29) is 12.6 Å². The fraction of sp³-hybridized carbons (Fsp3) is 0.400. The Kier molecular flexibility index (Phi) is 12.7. The number of carbonyl (C=O) groups excluding carboxylic acids is 1. The molecule has 40 heavy (non-hydrogen) atoms. The summed E-state index contributed by atoms with van der Waals surface area (Å²) in [6, 6.07) is 21.0. The lowest BCUT2D eigenvalue weighted by molar-refractivity contribution is -0.538. The van der Waals surface area contributed by atoms with E-state index in [1.807, 2.05) is 42.5 Å². The first-order chi connectivity index (χ1) is 18.5. The molecule has 0 amide bonds. The summed E-state index contributed by atoms with van der Waals surface area (Å²) in [6.07, 6.45) is 4.40. The van der Waals surface area contributed by atoms with Crippen LogP contribution in [0.4, 0.5) is 0 Å². The van der Waals surface area contributed by atoms with Crippen LogP contribution in [0.3, 0.4) is 0 Å². The molecule has 0 bridgehead atoms. The zero-order valence-corrected chi connectivity index (χ0v) is 29.9. The Morgan fingerprint density at radius 3 is 1.70 bits per heavy atom. The van der Waals surface area contributed by atoms with Crippen molar-refractivity contribution >= 4 is 45.3 Å². The topological polar surface area (TPSA) is 70.6 Å². The van der Waals surface area contributed by atoms with E-state index in [1.54, 1.807) is 11.4 Å². The average molecular weight is 616 g/mol. The van der Waals surface area contributed by atoms with Crippen molar-refractivity contribution in [1.82, 2.24) is 0 Å². The van der Waals surface area contributed by atoms with Gasteiger partial charge in [0.25, 0.3) is 0 Å². The summed E-state index contributed by atoms with van der Waals surface area (Å²) in [5.74, 6) is -0.390. The molecule has 0 saturated heterocycles. The van der Waals surface area contributed by atoms with E-state index in [0.717, 1.165) is 22.7 Å². The van der Waals surface area contributed by atoms with Crippen molar-refractivity contribution in [3.63, 3.8) is 0 Å². The molecule has 2 N–H and O–H groups in total. The minimum Gasteiger partial charge on any atom is -0.458 e. The number of ether oxygens (including phenoxy) is 1. The van der Waals surface area contributed by atoms with Crippen LogP contribution in [0.25, 0.3) is 5.57 Å². The highest BCUT2D eigenvalue weighted by Crippen LogP contribution is 2.28. The predicted octanol–water partition coefficient (Wildman–Crippen LogP) is 6.78. The van der Waals surface area contributed by atoms with Crippen LogP contribution in [-0.4, -0.2) is 46.3 Å². The predicted molar refractivity (Wildman–Crippen MR) is 175 cm³/mol. The van der Waals surface area contributed by atoms with Crippen LogP contribution < -0.4 is 5.32 Å². The van der Waals surface area contributed by atoms with Gasteiger partial charge < -0.3 is 22.4 Å². The molecule has 1 unspecified atom stereocenters. The third kappa shape index (κ3) is 12.7. The van der Waals surface area contributed by atoms with E-state index in [2.05, 4.69) is 90.2 Å². The van der Waals surface area contributed by atoms with Gasteiger partial charge in [-0.1, -0.05) is 60.7 Å². The second-order valence-electron chi connectivity index (χ2n) is 12.4. The lowest BCUT2D eigenvalue weighted by Gasteiger charge is -2.41. The molecule has 0 aliphatic carbocycles. The minimum absolute atomic E-state index is 0.288. The van der Waals surface area contributed by atoms with Crippen molar-refractivity contribution in [1.29, 1.82) is 0 Å². The Bertz CT molecular complexity index is 1100. The molecule has 2 rings (SSSR count). The molecule has 6 nitrogen and oxygen atoms in total. The van der Waals surface area contributed by atoms with Crippen LogP contribution >= 0.6 is 0 Å². The summed E-state index contributed by atoms with van der Waals surface area (Å²) >= 11 is 0. The quantitative estimate of drug-likeness (QED) is 0.0597. The third-order valence-corrected chi connectivity index (χ3v) is 19.1. The molecular formula is C30H49NO5Si4. The summed E-state index contributed by atoms with van der Waals surface area (Å²) in [4.78, 5) is 13.0. The maximum atomic E-state index is 13.0. The van der Waals surface area contributed by atoms with Gasteiger partial charge in [0.2, 0.25) is 0 Å². The van der Waals surface area contributed by atoms with Gasteiger partial charge in [0, 0.05) is 6.08 Å². The van der Waals surface area contributed by atoms with E-state index in [4.69, 9.17) is 17.1 Å². The summed E-state index contributed by atoms with van der Waals surface area (Å²) in [5, 5.41) is 1.55. The van der Waals surface area contributed by atoms with E-state index >= 15 is 0 Å². The van der Waals surface area contributed by atoms with Crippen LogP contribution in [0.15, 0.2) is 78.5 Å². The number of benzene rings is 2. The maximum absolute atomic E-state index is 13.0. The zero-order valence-electron chi connectivity index (χ0n) is 25.9. The highest BCUT2D eigenvalue weighted by Gasteiger charge is 2.44.